The summed E-state index contributed by atoms with van der Waals surface area (Å²) >= 11 is 1.56. The number of hydrogen-bond donors (Lipinski definition) is 1. The van der Waals surface area contributed by atoms with Crippen LogP contribution in [0.15, 0.2) is 23.5 Å². The lowest BCUT2D eigenvalue weighted by Crippen LogP contribution is -2.20. The van der Waals surface area contributed by atoms with Crippen molar-refractivity contribution in [3.63, 3.8) is 0 Å². The zero-order valence-corrected chi connectivity index (χ0v) is 12.7. The maximum Gasteiger partial charge on any atom is 0.264 e. The summed E-state index contributed by atoms with van der Waals surface area (Å²) < 4.78 is 3.18. The van der Waals surface area contributed by atoms with E-state index in [-0.39, 0.29) is 5.56 Å². The van der Waals surface area contributed by atoms with Crippen LogP contribution < -0.4 is 10.9 Å². The van der Waals surface area contributed by atoms with Gasteiger partial charge in [-0.15, -0.1) is 11.3 Å². The SMILES string of the molecule is CCCNc1ncc(Cn2cnc3c(cnn3C)c2=O)s1. The predicted molar refractivity (Wildman–Crippen MR) is 82.8 cm³/mol. The lowest BCUT2D eigenvalue weighted by atomic mass is 10.4. The van der Waals surface area contributed by atoms with E-state index in [1.165, 1.54) is 0 Å². The molecule has 3 heterocycles. The van der Waals surface area contributed by atoms with E-state index in [1.807, 2.05) is 0 Å². The fraction of sp³-hybridized carbons (Fsp3) is 0.385. The second kappa shape index (κ2) is 5.65. The molecule has 0 aliphatic heterocycles. The lowest BCUT2D eigenvalue weighted by molar-refractivity contribution is 0.744. The number of nitrogens with one attached hydrogen (secondary N) is 1. The van der Waals surface area contributed by atoms with E-state index in [0.29, 0.717) is 17.6 Å². The minimum absolute atomic E-state index is 0.0791. The van der Waals surface area contributed by atoms with Gasteiger partial charge in [0.1, 0.15) is 11.7 Å². The topological polar surface area (TPSA) is 77.6 Å². The molecule has 0 amide bonds. The van der Waals surface area contributed by atoms with Gasteiger partial charge in [0.2, 0.25) is 0 Å². The Labute approximate surface area is 125 Å². The number of anilines is 1. The van der Waals surface area contributed by atoms with E-state index in [9.17, 15) is 4.79 Å². The van der Waals surface area contributed by atoms with Crippen LogP contribution >= 0.6 is 11.3 Å². The van der Waals surface area contributed by atoms with Gasteiger partial charge in [0.25, 0.3) is 5.56 Å². The van der Waals surface area contributed by atoms with Gasteiger partial charge in [-0.25, -0.2) is 9.97 Å². The van der Waals surface area contributed by atoms with Gasteiger partial charge in [-0.3, -0.25) is 14.0 Å². The minimum atomic E-state index is -0.0791. The largest absolute Gasteiger partial charge is 0.362 e. The van der Waals surface area contributed by atoms with Crippen molar-refractivity contribution in [3.05, 3.63) is 34.0 Å². The second-order valence-corrected chi connectivity index (χ2v) is 5.86. The maximum absolute atomic E-state index is 12.4. The van der Waals surface area contributed by atoms with Crippen molar-refractivity contribution in [1.82, 2.24) is 24.3 Å². The summed E-state index contributed by atoms with van der Waals surface area (Å²) in [4.78, 5) is 22.0. The number of thiazole rings is 1. The molecule has 8 heteroatoms. The zero-order chi connectivity index (χ0) is 14.8. The van der Waals surface area contributed by atoms with Crippen molar-refractivity contribution < 1.29 is 0 Å². The Kier molecular flexibility index (Phi) is 3.70. The highest BCUT2D eigenvalue weighted by atomic mass is 32.1. The first-order chi connectivity index (χ1) is 10.2. The van der Waals surface area contributed by atoms with E-state index >= 15 is 0 Å². The molecule has 7 nitrogen and oxygen atoms in total. The van der Waals surface area contributed by atoms with Gasteiger partial charge in [-0.05, 0) is 6.42 Å². The Hall–Kier alpha value is -2.22. The van der Waals surface area contributed by atoms with Crippen molar-refractivity contribution in [2.75, 3.05) is 11.9 Å². The normalized spacial score (nSPS) is 11.1. The predicted octanol–water partition coefficient (Wildman–Crippen LogP) is 1.46. The number of hydrogen-bond acceptors (Lipinski definition) is 6. The lowest BCUT2D eigenvalue weighted by Gasteiger charge is -2.02. The molecule has 110 valence electrons. The van der Waals surface area contributed by atoms with Crippen LogP contribution in [0.3, 0.4) is 0 Å². The smallest absolute Gasteiger partial charge is 0.264 e. The molecule has 1 N–H and O–H groups in total. The van der Waals surface area contributed by atoms with Gasteiger partial charge >= 0.3 is 0 Å². The Morgan fingerprint density at radius 2 is 2.19 bits per heavy atom. The third-order valence-electron chi connectivity index (χ3n) is 3.12. The Balaban J connectivity index is 1.86. The van der Waals surface area contributed by atoms with Gasteiger partial charge in [0, 0.05) is 24.7 Å². The number of rotatable bonds is 5. The summed E-state index contributed by atoms with van der Waals surface area (Å²) in [6.45, 7) is 3.48. The molecule has 0 aliphatic rings. The average Bonchev–Trinajstić information content (AvgIpc) is 3.07. The van der Waals surface area contributed by atoms with Crippen molar-refractivity contribution >= 4 is 27.5 Å². The first-order valence-corrected chi connectivity index (χ1v) is 7.56. The van der Waals surface area contributed by atoms with Crippen LogP contribution in [0, 0.1) is 0 Å². The minimum Gasteiger partial charge on any atom is -0.362 e. The first kappa shape index (κ1) is 13.7. The molecule has 0 atom stereocenters. The van der Waals surface area contributed by atoms with Crippen LogP contribution in [0.5, 0.6) is 0 Å². The summed E-state index contributed by atoms with van der Waals surface area (Å²) in [7, 11) is 1.77. The number of fused-ring (bicyclic) bond motifs is 1. The highest BCUT2D eigenvalue weighted by molar-refractivity contribution is 7.15. The Morgan fingerprint density at radius 1 is 1.33 bits per heavy atom. The third-order valence-corrected chi connectivity index (χ3v) is 4.06. The molecule has 3 aromatic rings. The van der Waals surface area contributed by atoms with Crippen molar-refractivity contribution in [2.45, 2.75) is 19.9 Å². The van der Waals surface area contributed by atoms with E-state index < -0.39 is 0 Å². The summed E-state index contributed by atoms with van der Waals surface area (Å²) in [6.07, 6.45) is 5.96. The summed E-state index contributed by atoms with van der Waals surface area (Å²) in [5, 5.41) is 8.72. The highest BCUT2D eigenvalue weighted by Crippen LogP contribution is 2.18. The van der Waals surface area contributed by atoms with Crippen molar-refractivity contribution in [3.8, 4) is 0 Å². The molecule has 0 aliphatic carbocycles. The number of nitrogens with zero attached hydrogens (tertiary/aromatic N) is 5. The second-order valence-electron chi connectivity index (χ2n) is 4.74. The standard InChI is InChI=1S/C13H16N6OS/c1-3-4-14-13-15-5-9(21-13)7-19-8-16-11-10(12(19)20)6-17-18(11)2/h5-6,8H,3-4,7H2,1-2H3,(H,14,15). The fourth-order valence-corrected chi connectivity index (χ4v) is 2.88. The first-order valence-electron chi connectivity index (χ1n) is 6.74. The Morgan fingerprint density at radius 3 is 3.00 bits per heavy atom. The van der Waals surface area contributed by atoms with Gasteiger partial charge in [0.15, 0.2) is 10.8 Å². The summed E-state index contributed by atoms with van der Waals surface area (Å²) in [5.41, 5.74) is 0.524. The molecule has 0 aromatic carbocycles. The fourth-order valence-electron chi connectivity index (χ4n) is 2.04. The van der Waals surface area contributed by atoms with Crippen LogP contribution in [0.1, 0.15) is 18.2 Å². The quantitative estimate of drug-likeness (QED) is 0.772. The number of aryl methyl sites for hydroxylation is 1. The zero-order valence-electron chi connectivity index (χ0n) is 11.9. The van der Waals surface area contributed by atoms with Gasteiger partial charge in [-0.1, -0.05) is 6.92 Å². The molecule has 0 radical (unpaired) electrons. The average molecular weight is 304 g/mol. The Bertz CT molecular complexity index is 818. The van der Waals surface area contributed by atoms with Gasteiger partial charge in [-0.2, -0.15) is 5.10 Å². The molecule has 0 fully saturated rings. The molecule has 3 aromatic heterocycles. The molecule has 3 rings (SSSR count). The monoisotopic (exact) mass is 304 g/mol. The summed E-state index contributed by atoms with van der Waals surface area (Å²) in [5.74, 6) is 0. The highest BCUT2D eigenvalue weighted by Gasteiger charge is 2.09. The van der Waals surface area contributed by atoms with Gasteiger partial charge in [0.05, 0.1) is 12.7 Å². The third kappa shape index (κ3) is 2.66. The van der Waals surface area contributed by atoms with Gasteiger partial charge < -0.3 is 5.32 Å². The molecule has 0 spiro atoms. The van der Waals surface area contributed by atoms with Crippen LogP contribution in [0.25, 0.3) is 11.0 Å². The summed E-state index contributed by atoms with van der Waals surface area (Å²) in [6, 6.07) is 0. The van der Waals surface area contributed by atoms with Crippen LogP contribution in [-0.2, 0) is 13.6 Å². The molecule has 0 bridgehead atoms. The van der Waals surface area contributed by atoms with E-state index in [0.717, 1.165) is 23.0 Å². The van der Waals surface area contributed by atoms with E-state index in [2.05, 4.69) is 27.3 Å². The molecule has 0 saturated carbocycles. The van der Waals surface area contributed by atoms with Crippen molar-refractivity contribution in [1.29, 1.82) is 0 Å². The van der Waals surface area contributed by atoms with Crippen molar-refractivity contribution in [2.24, 2.45) is 7.05 Å². The molecule has 21 heavy (non-hydrogen) atoms. The molecular weight excluding hydrogens is 288 g/mol. The van der Waals surface area contributed by atoms with E-state index in [1.54, 1.807) is 46.4 Å². The van der Waals surface area contributed by atoms with Crippen LogP contribution in [-0.4, -0.2) is 30.9 Å². The molecule has 0 unspecified atom stereocenters. The van der Waals surface area contributed by atoms with Crippen LogP contribution in [0.2, 0.25) is 0 Å². The van der Waals surface area contributed by atoms with E-state index in [4.69, 9.17) is 0 Å². The molecule has 0 saturated heterocycles. The molecular formula is C13H16N6OS. The van der Waals surface area contributed by atoms with Crippen LogP contribution in [0.4, 0.5) is 5.13 Å². The maximum atomic E-state index is 12.4. The number of aromatic nitrogens is 5.